The lowest BCUT2D eigenvalue weighted by atomic mass is 9.76. The van der Waals surface area contributed by atoms with Crippen molar-refractivity contribution in [3.8, 4) is 45.5 Å². The van der Waals surface area contributed by atoms with E-state index in [1.165, 1.54) is 115 Å². The molecule has 0 spiro atoms. The maximum Gasteiger partial charge on any atom is 0.0992 e. The minimum absolute atomic E-state index is 0.0988. The van der Waals surface area contributed by atoms with Crippen LogP contribution < -0.4 is 0 Å². The monoisotopic (exact) mass is 878 g/mol. The second-order valence-electron chi connectivity index (χ2n) is 23.6. The van der Waals surface area contributed by atoms with Crippen LogP contribution in [0.1, 0.15) is 116 Å². The van der Waals surface area contributed by atoms with Gasteiger partial charge in [0.05, 0.1) is 23.3 Å². The molecule has 0 aliphatic heterocycles. The highest BCUT2D eigenvalue weighted by Gasteiger charge is 2.31. The number of fused-ring (bicyclic) bond motifs is 8. The average Bonchev–Trinajstić information content (AvgIpc) is 3.80. The Hall–Kier alpha value is -7.26. The van der Waals surface area contributed by atoms with Gasteiger partial charge in [-0.15, -0.1) is 0 Å². The number of rotatable bonds is 3. The Bertz CT molecular complexity index is 3910. The summed E-state index contributed by atoms with van der Waals surface area (Å²) in [5.74, 6) is 0. The molecule has 11 aromatic carbocycles. The maximum atomic E-state index is 10.1. The summed E-state index contributed by atoms with van der Waals surface area (Å²) >= 11 is 0. The highest BCUT2D eigenvalue weighted by atomic mass is 14.3. The Morgan fingerprint density at radius 3 is 1.22 bits per heavy atom. The lowest BCUT2D eigenvalue weighted by Gasteiger charge is -2.28. The predicted octanol–water partition coefficient (Wildman–Crippen LogP) is 18.6. The molecule has 0 aliphatic rings. The number of hydrogen-bond donors (Lipinski definition) is 0. The Labute approximate surface area is 401 Å². The Morgan fingerprint density at radius 1 is 0.294 bits per heavy atom. The molecule has 68 heavy (non-hydrogen) atoms. The lowest BCUT2D eigenvalue weighted by Crippen LogP contribution is -2.16. The number of hydrogen-bond acceptors (Lipinski definition) is 2. The molecule has 0 aromatic heterocycles. The highest BCUT2D eigenvalue weighted by molar-refractivity contribution is 6.45. The molecule has 0 atom stereocenters. The van der Waals surface area contributed by atoms with Gasteiger partial charge >= 0.3 is 0 Å². The third kappa shape index (κ3) is 6.56. The molecule has 0 bridgehead atoms. The van der Waals surface area contributed by atoms with E-state index in [1.54, 1.807) is 6.07 Å². The van der Waals surface area contributed by atoms with E-state index >= 15 is 0 Å². The fourth-order valence-electron chi connectivity index (χ4n) is 11.2. The standard InChI is InChI=1S/C66H58N2/c1-63(2,3)42-28-40(29-43(32-42)64(4,5)6)56-55-34-54-48-18-14-13-17-47(48)50-20-16-21-51(59(50)54)60(55)57(41-30-44(65(7,8)9)33-45(31-41)66(10,11)12)62-53-24-23-46(39-26-37(35-67)25-38(27-39)36-68)49-19-15-22-52(58(49)53)61(56)62/h13-34H,1-12H3. The van der Waals surface area contributed by atoms with Gasteiger partial charge < -0.3 is 0 Å². The second-order valence-corrected chi connectivity index (χ2v) is 23.6. The van der Waals surface area contributed by atoms with Crippen LogP contribution in [0.2, 0.25) is 0 Å². The van der Waals surface area contributed by atoms with Crippen molar-refractivity contribution in [2.75, 3.05) is 0 Å². The van der Waals surface area contributed by atoms with Gasteiger partial charge in [0.25, 0.3) is 0 Å². The molecule has 0 aliphatic carbocycles. The normalized spacial score (nSPS) is 13.0. The van der Waals surface area contributed by atoms with E-state index in [9.17, 15) is 10.5 Å². The van der Waals surface area contributed by atoms with Gasteiger partial charge in [-0.2, -0.15) is 10.5 Å². The van der Waals surface area contributed by atoms with Crippen LogP contribution in [-0.2, 0) is 21.7 Å². The fraction of sp³-hybridized carbons (Fsp3) is 0.242. The van der Waals surface area contributed by atoms with E-state index in [0.717, 1.165) is 16.5 Å². The quantitative estimate of drug-likeness (QED) is 0.166. The van der Waals surface area contributed by atoms with E-state index in [1.807, 2.05) is 12.1 Å². The molecule has 0 unspecified atom stereocenters. The maximum absolute atomic E-state index is 10.1. The van der Waals surface area contributed by atoms with Crippen LogP contribution in [0, 0.1) is 22.7 Å². The average molecular weight is 879 g/mol. The van der Waals surface area contributed by atoms with Gasteiger partial charge in [-0.3, -0.25) is 0 Å². The van der Waals surface area contributed by atoms with Crippen molar-refractivity contribution in [2.45, 2.75) is 105 Å². The van der Waals surface area contributed by atoms with Crippen LogP contribution in [0.3, 0.4) is 0 Å². The molecule has 2 nitrogen and oxygen atoms in total. The molecular weight excluding hydrogens is 821 g/mol. The lowest BCUT2D eigenvalue weighted by molar-refractivity contribution is 0.568. The first-order valence-electron chi connectivity index (χ1n) is 24.2. The summed E-state index contributed by atoms with van der Waals surface area (Å²) in [4.78, 5) is 0. The van der Waals surface area contributed by atoms with Crippen molar-refractivity contribution in [2.24, 2.45) is 0 Å². The van der Waals surface area contributed by atoms with Gasteiger partial charge in [-0.25, -0.2) is 0 Å². The first-order chi connectivity index (χ1) is 32.1. The van der Waals surface area contributed by atoms with Gasteiger partial charge in [0.2, 0.25) is 0 Å². The van der Waals surface area contributed by atoms with Crippen molar-refractivity contribution in [3.05, 3.63) is 167 Å². The highest BCUT2D eigenvalue weighted by Crippen LogP contribution is 2.56. The zero-order valence-electron chi connectivity index (χ0n) is 41.6. The van der Waals surface area contributed by atoms with E-state index in [-0.39, 0.29) is 21.7 Å². The van der Waals surface area contributed by atoms with Crippen molar-refractivity contribution in [3.63, 3.8) is 0 Å². The van der Waals surface area contributed by atoms with Crippen LogP contribution in [0.15, 0.2) is 133 Å². The van der Waals surface area contributed by atoms with Gasteiger partial charge in [0, 0.05) is 0 Å². The minimum atomic E-state index is -0.100. The molecule has 0 amide bonds. The molecule has 0 N–H and O–H groups in total. The Balaban J connectivity index is 1.47. The SMILES string of the molecule is CC(C)(C)c1cc(-c2c3cc4c5ccccc5c5cccc(c3c(-c3cc(C(C)(C)C)cc(C(C)(C)C)c3)c3c6ccc(-c7cc(C#N)cc(C#N)c7)c7cccc(c23)c76)c54)cc(C(C)(C)C)c1. The molecule has 0 radical (unpaired) electrons. The van der Waals surface area contributed by atoms with Crippen LogP contribution in [0.5, 0.6) is 0 Å². The summed E-state index contributed by atoms with van der Waals surface area (Å²) in [6.07, 6.45) is 0. The first kappa shape index (κ1) is 43.3. The molecule has 332 valence electrons. The van der Waals surface area contributed by atoms with E-state index in [0.29, 0.717) is 11.1 Å². The molecule has 0 fully saturated rings. The number of nitriles is 2. The Kier molecular flexibility index (Phi) is 9.31. The van der Waals surface area contributed by atoms with Crippen LogP contribution in [-0.4, -0.2) is 0 Å². The molecule has 11 aromatic rings. The van der Waals surface area contributed by atoms with Crippen molar-refractivity contribution >= 4 is 75.4 Å². The van der Waals surface area contributed by atoms with Gasteiger partial charge in [-0.05, 0) is 177 Å². The molecule has 11 rings (SSSR count). The first-order valence-corrected chi connectivity index (χ1v) is 24.2. The summed E-state index contributed by atoms with van der Waals surface area (Å²) in [6, 6.07) is 54.8. The van der Waals surface area contributed by atoms with Gasteiger partial charge in [-0.1, -0.05) is 192 Å². The summed E-state index contributed by atoms with van der Waals surface area (Å²) in [6.45, 7) is 28.0. The topological polar surface area (TPSA) is 47.6 Å². The van der Waals surface area contributed by atoms with Crippen LogP contribution >= 0.6 is 0 Å². The summed E-state index contributed by atoms with van der Waals surface area (Å²) in [5.41, 5.74) is 12.7. The third-order valence-corrected chi connectivity index (χ3v) is 14.9. The predicted molar refractivity (Wildman–Crippen MR) is 292 cm³/mol. The van der Waals surface area contributed by atoms with Gasteiger partial charge in [0.1, 0.15) is 0 Å². The molecule has 2 heteroatoms. The van der Waals surface area contributed by atoms with Crippen molar-refractivity contribution in [1.82, 2.24) is 0 Å². The molecule has 0 saturated carbocycles. The van der Waals surface area contributed by atoms with E-state index in [2.05, 4.69) is 210 Å². The molecule has 0 heterocycles. The summed E-state index contributed by atoms with van der Waals surface area (Å²) < 4.78 is 0. The van der Waals surface area contributed by atoms with Gasteiger partial charge in [0.15, 0.2) is 0 Å². The smallest absolute Gasteiger partial charge is 0.0992 e. The van der Waals surface area contributed by atoms with Crippen LogP contribution in [0.4, 0.5) is 0 Å². The van der Waals surface area contributed by atoms with Crippen LogP contribution in [0.25, 0.3) is 109 Å². The third-order valence-electron chi connectivity index (χ3n) is 14.9. The fourth-order valence-corrected chi connectivity index (χ4v) is 11.2. The van der Waals surface area contributed by atoms with Crippen molar-refractivity contribution < 1.29 is 0 Å². The minimum Gasteiger partial charge on any atom is -0.192 e. The summed E-state index contributed by atoms with van der Waals surface area (Å²) in [7, 11) is 0. The Morgan fingerprint density at radius 2 is 0.706 bits per heavy atom. The second kappa shape index (κ2) is 14.6. The number of benzene rings is 9. The van der Waals surface area contributed by atoms with E-state index in [4.69, 9.17) is 0 Å². The zero-order chi connectivity index (χ0) is 48.0. The summed E-state index contributed by atoms with van der Waals surface area (Å²) in [5, 5.41) is 37.7. The molecular formula is C66H58N2. The molecule has 0 saturated heterocycles. The van der Waals surface area contributed by atoms with E-state index < -0.39 is 0 Å². The largest absolute Gasteiger partial charge is 0.192 e. The number of nitrogens with zero attached hydrogens (tertiary/aromatic N) is 2. The van der Waals surface area contributed by atoms with Crippen molar-refractivity contribution in [1.29, 1.82) is 10.5 Å². The zero-order valence-corrected chi connectivity index (χ0v) is 41.6.